The molecule has 1 aromatic heterocycles. The largest absolute Gasteiger partial charge is 0.503 e. The van der Waals surface area contributed by atoms with Gasteiger partial charge in [0.15, 0.2) is 5.76 Å². The number of aliphatic hydroxyl groups is 1. The van der Waals surface area contributed by atoms with E-state index in [4.69, 9.17) is 14.2 Å². The summed E-state index contributed by atoms with van der Waals surface area (Å²) < 4.78 is 16.2. The molecule has 0 saturated carbocycles. The van der Waals surface area contributed by atoms with Crippen molar-refractivity contribution < 1.29 is 28.9 Å². The second-order valence-corrected chi connectivity index (χ2v) is 9.14. The second-order valence-electron chi connectivity index (χ2n) is 7.94. The summed E-state index contributed by atoms with van der Waals surface area (Å²) in [6.45, 7) is 3.88. The predicted octanol–water partition coefficient (Wildman–Crippen LogP) is 4.43. The third-order valence-corrected chi connectivity index (χ3v) is 6.82. The molecule has 8 nitrogen and oxygen atoms in total. The highest BCUT2D eigenvalue weighted by molar-refractivity contribution is 7.14. The normalized spacial score (nSPS) is 15.5. The lowest BCUT2D eigenvalue weighted by atomic mass is 9.95. The van der Waals surface area contributed by atoms with Crippen LogP contribution >= 0.6 is 11.3 Å². The molecule has 182 valence electrons. The number of aliphatic hydroxyl groups excluding tert-OH is 1. The predicted molar refractivity (Wildman–Crippen MR) is 132 cm³/mol. The van der Waals surface area contributed by atoms with Gasteiger partial charge < -0.3 is 24.2 Å². The van der Waals surface area contributed by atoms with Gasteiger partial charge in [-0.05, 0) is 55.8 Å². The maximum Gasteiger partial charge on any atom is 0.290 e. The van der Waals surface area contributed by atoms with Gasteiger partial charge in [0, 0.05) is 0 Å². The number of thiazole rings is 1. The van der Waals surface area contributed by atoms with E-state index in [2.05, 4.69) is 4.98 Å². The first-order valence-electron chi connectivity index (χ1n) is 11.0. The van der Waals surface area contributed by atoms with Crippen LogP contribution in [0.3, 0.4) is 0 Å². The fraction of sp³-hybridized carbons (Fsp3) is 0.269. The van der Waals surface area contributed by atoms with Crippen molar-refractivity contribution in [2.24, 2.45) is 0 Å². The van der Waals surface area contributed by atoms with Crippen LogP contribution in [0.5, 0.6) is 17.2 Å². The van der Waals surface area contributed by atoms with Crippen LogP contribution in [0.15, 0.2) is 59.9 Å². The first-order chi connectivity index (χ1) is 16.8. The Morgan fingerprint density at radius 1 is 1.00 bits per heavy atom. The molecule has 1 atom stereocenters. The first kappa shape index (κ1) is 24.3. The summed E-state index contributed by atoms with van der Waals surface area (Å²) in [6, 6.07) is 13.4. The molecule has 1 amide bonds. The van der Waals surface area contributed by atoms with E-state index in [9.17, 15) is 14.7 Å². The number of Topliss-reactive ketones (excluding diaryl/α,β-unsaturated/α-hetero) is 1. The molecule has 35 heavy (non-hydrogen) atoms. The van der Waals surface area contributed by atoms with Gasteiger partial charge in [0.05, 0.1) is 48.0 Å². The van der Waals surface area contributed by atoms with E-state index in [1.54, 1.807) is 69.7 Å². The summed E-state index contributed by atoms with van der Waals surface area (Å²) in [5.74, 6) is 0.387. The standard InChI is InChI=1S/C26H26N2O6S/c1-15-25(35-16(2)27-15)23(29)21-22(17-5-7-18(32-3)8-6-17)28(26(31)24(21)30)13-14-34-20-11-9-19(33-4)10-12-20/h5-12,22,30H,13-14H2,1-4H3. The minimum absolute atomic E-state index is 0.0383. The van der Waals surface area contributed by atoms with Gasteiger partial charge in [0.2, 0.25) is 5.78 Å². The number of rotatable bonds is 9. The molecule has 0 bridgehead atoms. The van der Waals surface area contributed by atoms with E-state index < -0.39 is 23.5 Å². The molecule has 0 spiro atoms. The van der Waals surface area contributed by atoms with Crippen LogP contribution in [0.2, 0.25) is 0 Å². The molecular weight excluding hydrogens is 468 g/mol. The SMILES string of the molecule is COc1ccc(OCCN2C(=O)C(O)=C(C(=O)c3sc(C)nc3C)C2c2ccc(OC)cc2)cc1. The van der Waals surface area contributed by atoms with Crippen molar-refractivity contribution in [1.82, 2.24) is 9.88 Å². The van der Waals surface area contributed by atoms with Crippen molar-refractivity contribution in [2.75, 3.05) is 27.4 Å². The molecule has 0 radical (unpaired) electrons. The van der Waals surface area contributed by atoms with Crippen LogP contribution in [-0.2, 0) is 4.79 Å². The van der Waals surface area contributed by atoms with Crippen molar-refractivity contribution in [3.8, 4) is 17.2 Å². The van der Waals surface area contributed by atoms with Gasteiger partial charge in [-0.3, -0.25) is 9.59 Å². The highest BCUT2D eigenvalue weighted by Crippen LogP contribution is 2.40. The molecule has 3 aromatic rings. The molecule has 1 aliphatic heterocycles. The van der Waals surface area contributed by atoms with E-state index in [0.717, 1.165) is 5.01 Å². The topological polar surface area (TPSA) is 98.2 Å². The molecule has 1 unspecified atom stereocenters. The Balaban J connectivity index is 1.63. The number of carbonyl (C=O) groups is 2. The molecule has 0 aliphatic carbocycles. The number of aryl methyl sites for hydroxylation is 2. The number of methoxy groups -OCH3 is 2. The lowest BCUT2D eigenvalue weighted by Gasteiger charge is -2.27. The Kier molecular flexibility index (Phi) is 7.07. The molecule has 4 rings (SSSR count). The zero-order valence-electron chi connectivity index (χ0n) is 19.9. The number of ketones is 1. The summed E-state index contributed by atoms with van der Waals surface area (Å²) in [5.41, 5.74) is 1.28. The monoisotopic (exact) mass is 494 g/mol. The summed E-state index contributed by atoms with van der Waals surface area (Å²) in [7, 11) is 3.15. The number of nitrogens with zero attached hydrogens (tertiary/aromatic N) is 2. The Morgan fingerprint density at radius 2 is 1.57 bits per heavy atom. The number of benzene rings is 2. The Bertz CT molecular complexity index is 1260. The van der Waals surface area contributed by atoms with Crippen molar-refractivity contribution in [3.63, 3.8) is 0 Å². The van der Waals surface area contributed by atoms with Crippen molar-refractivity contribution in [1.29, 1.82) is 0 Å². The lowest BCUT2D eigenvalue weighted by Crippen LogP contribution is -2.34. The third-order valence-electron chi connectivity index (χ3n) is 5.75. The van der Waals surface area contributed by atoms with Gasteiger partial charge >= 0.3 is 0 Å². The zero-order chi connectivity index (χ0) is 25.1. The van der Waals surface area contributed by atoms with Crippen molar-refractivity contribution in [2.45, 2.75) is 19.9 Å². The van der Waals surface area contributed by atoms with Gasteiger partial charge in [-0.2, -0.15) is 0 Å². The third kappa shape index (κ3) is 4.85. The maximum absolute atomic E-state index is 13.6. The van der Waals surface area contributed by atoms with Crippen LogP contribution in [0.4, 0.5) is 0 Å². The fourth-order valence-corrected chi connectivity index (χ4v) is 4.92. The fourth-order valence-electron chi connectivity index (χ4n) is 4.05. The summed E-state index contributed by atoms with van der Waals surface area (Å²) in [6.07, 6.45) is 0. The number of hydrogen-bond donors (Lipinski definition) is 1. The molecule has 1 N–H and O–H groups in total. The number of amides is 1. The van der Waals surface area contributed by atoms with Crippen LogP contribution in [0.1, 0.15) is 32.0 Å². The van der Waals surface area contributed by atoms with Crippen LogP contribution in [0.25, 0.3) is 0 Å². The molecule has 9 heteroatoms. The van der Waals surface area contributed by atoms with Gasteiger partial charge in [0.1, 0.15) is 23.9 Å². The molecule has 2 aromatic carbocycles. The molecule has 2 heterocycles. The average molecular weight is 495 g/mol. The van der Waals surface area contributed by atoms with E-state index in [0.29, 0.717) is 33.4 Å². The Morgan fingerprint density at radius 3 is 2.11 bits per heavy atom. The van der Waals surface area contributed by atoms with E-state index in [1.165, 1.54) is 16.2 Å². The number of carbonyl (C=O) groups excluding carboxylic acids is 2. The van der Waals surface area contributed by atoms with Crippen molar-refractivity contribution in [3.05, 3.63) is 81.0 Å². The zero-order valence-corrected chi connectivity index (χ0v) is 20.7. The van der Waals surface area contributed by atoms with E-state index >= 15 is 0 Å². The lowest BCUT2D eigenvalue weighted by molar-refractivity contribution is -0.129. The smallest absolute Gasteiger partial charge is 0.290 e. The van der Waals surface area contributed by atoms with E-state index in [1.807, 2.05) is 6.92 Å². The number of aromatic nitrogens is 1. The Labute approximate surface area is 207 Å². The van der Waals surface area contributed by atoms with Crippen LogP contribution < -0.4 is 14.2 Å². The number of hydrogen-bond acceptors (Lipinski definition) is 8. The van der Waals surface area contributed by atoms with Crippen LogP contribution in [0, 0.1) is 13.8 Å². The minimum atomic E-state index is -0.776. The highest BCUT2D eigenvalue weighted by atomic mass is 32.1. The summed E-state index contributed by atoms with van der Waals surface area (Å²) in [4.78, 5) is 32.9. The number of ether oxygens (including phenoxy) is 3. The molecule has 0 saturated heterocycles. The van der Waals surface area contributed by atoms with Crippen molar-refractivity contribution >= 4 is 23.0 Å². The molecule has 1 aliphatic rings. The van der Waals surface area contributed by atoms with Gasteiger partial charge in [-0.25, -0.2) is 4.98 Å². The Hall–Kier alpha value is -3.85. The van der Waals surface area contributed by atoms with E-state index in [-0.39, 0.29) is 18.7 Å². The first-order valence-corrected chi connectivity index (χ1v) is 11.8. The summed E-state index contributed by atoms with van der Waals surface area (Å²) in [5, 5.41) is 11.6. The quantitative estimate of drug-likeness (QED) is 0.439. The highest BCUT2D eigenvalue weighted by Gasteiger charge is 2.44. The maximum atomic E-state index is 13.6. The summed E-state index contributed by atoms with van der Waals surface area (Å²) >= 11 is 1.24. The van der Waals surface area contributed by atoms with Gasteiger partial charge in [-0.1, -0.05) is 12.1 Å². The molecule has 0 fully saturated rings. The van der Waals surface area contributed by atoms with Gasteiger partial charge in [-0.15, -0.1) is 11.3 Å². The van der Waals surface area contributed by atoms with Crippen LogP contribution in [-0.4, -0.2) is 54.1 Å². The molecular formula is C26H26N2O6S. The minimum Gasteiger partial charge on any atom is -0.503 e. The second kappa shape index (κ2) is 10.2. The average Bonchev–Trinajstić information content (AvgIpc) is 3.34. The van der Waals surface area contributed by atoms with Gasteiger partial charge in [0.25, 0.3) is 5.91 Å².